The van der Waals surface area contributed by atoms with Crippen molar-refractivity contribution in [3.63, 3.8) is 0 Å². The van der Waals surface area contributed by atoms with Crippen LogP contribution >= 0.6 is 0 Å². The molecule has 2 aromatic carbocycles. The van der Waals surface area contributed by atoms with Crippen LogP contribution in [0.1, 0.15) is 5.56 Å². The second-order valence-electron chi connectivity index (χ2n) is 4.47. The van der Waals surface area contributed by atoms with Gasteiger partial charge in [0.15, 0.2) is 23.2 Å². The largest absolute Gasteiger partial charge is 0.491 e. The maximum atomic E-state index is 14.0. The number of ether oxygens (including phenoxy) is 1. The summed E-state index contributed by atoms with van der Waals surface area (Å²) < 4.78 is 85.5. The van der Waals surface area contributed by atoms with Gasteiger partial charge in [-0.05, 0) is 23.4 Å². The van der Waals surface area contributed by atoms with Crippen LogP contribution in [0.15, 0.2) is 12.1 Å². The van der Waals surface area contributed by atoms with E-state index in [-0.39, 0.29) is 11.0 Å². The molecule has 0 spiro atoms. The van der Waals surface area contributed by atoms with Crippen LogP contribution in [0.25, 0.3) is 0 Å². The van der Waals surface area contributed by atoms with Gasteiger partial charge in [0.1, 0.15) is 11.6 Å². The Morgan fingerprint density at radius 3 is 2.05 bits per heavy atom. The fourth-order valence-corrected chi connectivity index (χ4v) is 1.88. The molecule has 1 nitrogen and oxygen atoms in total. The Bertz CT molecular complexity index is 747. The summed E-state index contributed by atoms with van der Waals surface area (Å²) in [5, 5.41) is 0. The zero-order valence-electron chi connectivity index (χ0n) is 11.4. The van der Waals surface area contributed by atoms with Gasteiger partial charge in [-0.2, -0.15) is 4.39 Å². The SMILES string of the molecule is COc1c(F)c(F)c(F)c([B]c2cc(C)c(F)cc2F)c1F. The third kappa shape index (κ3) is 2.65. The molecule has 2 rings (SSSR count). The standard InChI is InChI=1S/C14H8BF6O/c1-5-3-6(8(17)4-7(5)16)15-9-10(18)12(20)13(21)14(22-2)11(9)19/h3-4H,1-2H3. The van der Waals surface area contributed by atoms with E-state index in [4.69, 9.17) is 0 Å². The smallest absolute Gasteiger partial charge is 0.206 e. The number of rotatable bonds is 3. The fraction of sp³-hybridized carbons (Fsp3) is 0.143. The summed E-state index contributed by atoms with van der Waals surface area (Å²) in [5.41, 5.74) is -1.39. The summed E-state index contributed by atoms with van der Waals surface area (Å²) in [6.07, 6.45) is 0. The van der Waals surface area contributed by atoms with E-state index in [1.807, 2.05) is 0 Å². The quantitative estimate of drug-likeness (QED) is 0.366. The lowest BCUT2D eigenvalue weighted by Gasteiger charge is -2.12. The molecule has 22 heavy (non-hydrogen) atoms. The minimum Gasteiger partial charge on any atom is -0.491 e. The lowest BCUT2D eigenvalue weighted by Crippen LogP contribution is -2.36. The molecule has 0 aromatic heterocycles. The molecule has 0 amide bonds. The van der Waals surface area contributed by atoms with Gasteiger partial charge in [0, 0.05) is 6.07 Å². The molecule has 0 N–H and O–H groups in total. The van der Waals surface area contributed by atoms with Crippen LogP contribution in [0.2, 0.25) is 0 Å². The number of hydrogen-bond acceptors (Lipinski definition) is 1. The van der Waals surface area contributed by atoms with E-state index in [1.165, 1.54) is 6.92 Å². The van der Waals surface area contributed by atoms with E-state index in [0.29, 0.717) is 13.3 Å². The Morgan fingerprint density at radius 2 is 1.45 bits per heavy atom. The molecule has 0 bridgehead atoms. The van der Waals surface area contributed by atoms with E-state index in [2.05, 4.69) is 4.74 Å². The molecule has 0 saturated carbocycles. The predicted molar refractivity (Wildman–Crippen MR) is 68.9 cm³/mol. The first kappa shape index (κ1) is 16.3. The third-order valence-electron chi connectivity index (χ3n) is 3.04. The highest BCUT2D eigenvalue weighted by molar-refractivity contribution is 6.67. The molecule has 0 saturated heterocycles. The van der Waals surface area contributed by atoms with Crippen LogP contribution in [0, 0.1) is 41.8 Å². The van der Waals surface area contributed by atoms with Crippen LogP contribution in [-0.4, -0.2) is 14.4 Å². The molecule has 0 unspecified atom stereocenters. The van der Waals surface area contributed by atoms with Gasteiger partial charge in [0.25, 0.3) is 0 Å². The van der Waals surface area contributed by atoms with Crippen molar-refractivity contribution in [1.29, 1.82) is 0 Å². The molecule has 0 aliphatic heterocycles. The number of methoxy groups -OCH3 is 1. The Balaban J connectivity index is 2.60. The van der Waals surface area contributed by atoms with E-state index < -0.39 is 46.1 Å². The van der Waals surface area contributed by atoms with Crippen molar-refractivity contribution in [3.05, 3.63) is 52.6 Å². The second kappa shape index (κ2) is 5.94. The first-order valence-electron chi connectivity index (χ1n) is 5.98. The van der Waals surface area contributed by atoms with Crippen molar-refractivity contribution >= 4 is 18.2 Å². The normalized spacial score (nSPS) is 10.7. The maximum Gasteiger partial charge on any atom is 0.206 e. The van der Waals surface area contributed by atoms with E-state index in [9.17, 15) is 26.3 Å². The van der Waals surface area contributed by atoms with E-state index in [0.717, 1.165) is 13.2 Å². The second-order valence-corrected chi connectivity index (χ2v) is 4.47. The fourth-order valence-electron chi connectivity index (χ4n) is 1.88. The summed E-state index contributed by atoms with van der Waals surface area (Å²) in [6, 6.07) is 1.51. The number of halogens is 6. The van der Waals surface area contributed by atoms with Crippen molar-refractivity contribution in [2.75, 3.05) is 7.11 Å². The maximum absolute atomic E-state index is 14.0. The summed E-state index contributed by atoms with van der Waals surface area (Å²) in [4.78, 5) is 0. The first-order valence-corrected chi connectivity index (χ1v) is 5.98. The van der Waals surface area contributed by atoms with Crippen molar-refractivity contribution in [3.8, 4) is 5.75 Å². The summed E-state index contributed by atoms with van der Waals surface area (Å²) in [7, 11) is 1.47. The molecule has 2 aromatic rings. The van der Waals surface area contributed by atoms with Gasteiger partial charge in [-0.3, -0.25) is 0 Å². The molecule has 0 heterocycles. The first-order chi connectivity index (χ1) is 10.3. The number of hydrogen-bond donors (Lipinski definition) is 0. The lowest BCUT2D eigenvalue weighted by molar-refractivity contribution is 0.338. The van der Waals surface area contributed by atoms with Gasteiger partial charge in [0.05, 0.1) is 7.11 Å². The Labute approximate surface area is 122 Å². The number of aryl methyl sites for hydroxylation is 1. The Kier molecular flexibility index (Phi) is 4.39. The molecule has 8 heteroatoms. The average Bonchev–Trinajstić information content (AvgIpc) is 2.47. The molecule has 115 valence electrons. The summed E-state index contributed by atoms with van der Waals surface area (Å²) in [6.45, 7) is 1.31. The number of benzene rings is 2. The lowest BCUT2D eigenvalue weighted by atomic mass is 9.62. The minimum atomic E-state index is -1.95. The van der Waals surface area contributed by atoms with Crippen LogP contribution in [-0.2, 0) is 0 Å². The molecule has 0 atom stereocenters. The third-order valence-corrected chi connectivity index (χ3v) is 3.04. The van der Waals surface area contributed by atoms with Crippen LogP contribution in [0.5, 0.6) is 5.75 Å². The molecule has 1 radical (unpaired) electrons. The highest BCUT2D eigenvalue weighted by Gasteiger charge is 2.27. The monoisotopic (exact) mass is 317 g/mol. The minimum absolute atomic E-state index is 0.0167. The zero-order chi connectivity index (χ0) is 16.6. The average molecular weight is 317 g/mol. The van der Waals surface area contributed by atoms with Crippen molar-refractivity contribution in [1.82, 2.24) is 0 Å². The van der Waals surface area contributed by atoms with Gasteiger partial charge in [-0.15, -0.1) is 0 Å². The van der Waals surface area contributed by atoms with Gasteiger partial charge in [-0.1, -0.05) is 6.07 Å². The molecule has 0 fully saturated rings. The van der Waals surface area contributed by atoms with Crippen molar-refractivity contribution in [2.24, 2.45) is 0 Å². The van der Waals surface area contributed by atoms with Crippen LogP contribution in [0.4, 0.5) is 26.3 Å². The Hall–Kier alpha value is -2.12. The van der Waals surface area contributed by atoms with Gasteiger partial charge >= 0.3 is 0 Å². The predicted octanol–water partition coefficient (Wildman–Crippen LogP) is 2.49. The van der Waals surface area contributed by atoms with Gasteiger partial charge in [0.2, 0.25) is 13.1 Å². The van der Waals surface area contributed by atoms with Crippen LogP contribution < -0.4 is 15.7 Å². The molecular weight excluding hydrogens is 309 g/mol. The summed E-state index contributed by atoms with van der Waals surface area (Å²) in [5.74, 6) is -10.2. The van der Waals surface area contributed by atoms with Crippen molar-refractivity contribution in [2.45, 2.75) is 6.92 Å². The van der Waals surface area contributed by atoms with E-state index >= 15 is 0 Å². The van der Waals surface area contributed by atoms with Crippen LogP contribution in [0.3, 0.4) is 0 Å². The molecule has 0 aliphatic rings. The summed E-state index contributed by atoms with van der Waals surface area (Å²) >= 11 is 0. The Morgan fingerprint density at radius 1 is 0.818 bits per heavy atom. The van der Waals surface area contributed by atoms with E-state index in [1.54, 1.807) is 0 Å². The van der Waals surface area contributed by atoms with Crippen molar-refractivity contribution < 1.29 is 31.1 Å². The highest BCUT2D eigenvalue weighted by atomic mass is 19.2. The topological polar surface area (TPSA) is 9.23 Å². The molecular formula is C14H8BF6O. The molecule has 0 aliphatic carbocycles. The van der Waals surface area contributed by atoms with Gasteiger partial charge < -0.3 is 4.74 Å². The van der Waals surface area contributed by atoms with Gasteiger partial charge in [-0.25, -0.2) is 22.0 Å². The zero-order valence-corrected chi connectivity index (χ0v) is 11.4. The highest BCUT2D eigenvalue weighted by Crippen LogP contribution is 2.24.